The number of carbonyl (C=O) groups is 1. The first-order valence-electron chi connectivity index (χ1n) is 12.5. The van der Waals surface area contributed by atoms with Crippen LogP contribution < -0.4 is 39.9 Å². The zero-order chi connectivity index (χ0) is 24.9. The third-order valence-corrected chi connectivity index (χ3v) is 11.0. The number of aryl methyl sites for hydroxylation is 6. The Hall–Kier alpha value is -1.71. The van der Waals surface area contributed by atoms with Crippen molar-refractivity contribution in [2.75, 3.05) is 6.16 Å². The van der Waals surface area contributed by atoms with E-state index < -0.39 is 13.2 Å². The number of halogens is 1. The van der Waals surface area contributed by atoms with Gasteiger partial charge in [-0.05, 0) is 131 Å². The fourth-order valence-corrected chi connectivity index (χ4v) is 10.2. The van der Waals surface area contributed by atoms with Crippen LogP contribution in [0.2, 0.25) is 0 Å². The van der Waals surface area contributed by atoms with Gasteiger partial charge < -0.3 is 29.1 Å². The minimum absolute atomic E-state index is 0. The van der Waals surface area contributed by atoms with Gasteiger partial charge >= 0.3 is 5.97 Å². The van der Waals surface area contributed by atoms with E-state index in [1.807, 2.05) is 0 Å². The van der Waals surface area contributed by atoms with Gasteiger partial charge in [0.15, 0.2) is 0 Å². The molecule has 4 heteroatoms. The highest BCUT2D eigenvalue weighted by molar-refractivity contribution is 7.95. The van der Waals surface area contributed by atoms with Crippen LogP contribution in [0.5, 0.6) is 0 Å². The minimum Gasteiger partial charge on any atom is -1.00 e. The van der Waals surface area contributed by atoms with Crippen molar-refractivity contribution >= 4 is 29.1 Å². The summed E-state index contributed by atoms with van der Waals surface area (Å²) in [6, 6.07) is 21.3. The fraction of sp³-hybridized carbons (Fsp3) is 0.387. The molecule has 0 aliphatic rings. The molecule has 0 unspecified atom stereocenters. The molecule has 3 rings (SSSR count). The monoisotopic (exact) mass is 602 g/mol. The minimum atomic E-state index is -1.90. The maximum Gasteiger partial charge on any atom is 0.303 e. The molecule has 0 saturated heterocycles. The highest BCUT2D eigenvalue weighted by Crippen LogP contribution is 2.57. The molecule has 1 N–H and O–H groups in total. The summed E-state index contributed by atoms with van der Waals surface area (Å²) in [4.78, 5) is 10.9. The summed E-state index contributed by atoms with van der Waals surface area (Å²) < 4.78 is 0. The van der Waals surface area contributed by atoms with Crippen molar-refractivity contribution in [1.29, 1.82) is 0 Å². The lowest BCUT2D eigenvalue weighted by Gasteiger charge is -2.29. The number of aliphatic carboxylic acids is 1. The van der Waals surface area contributed by atoms with Crippen LogP contribution in [0, 0.1) is 41.5 Å². The van der Waals surface area contributed by atoms with E-state index in [0.29, 0.717) is 0 Å². The maximum atomic E-state index is 10.9. The van der Waals surface area contributed by atoms with E-state index in [1.165, 1.54) is 49.3 Å². The van der Waals surface area contributed by atoms with Crippen molar-refractivity contribution in [3.63, 3.8) is 0 Å². The van der Waals surface area contributed by atoms with Gasteiger partial charge in [0.2, 0.25) is 0 Å². The quantitative estimate of drug-likeness (QED) is 0.218. The summed E-state index contributed by atoms with van der Waals surface area (Å²) in [7, 11) is -1.90. The van der Waals surface area contributed by atoms with Crippen molar-refractivity contribution in [1.82, 2.24) is 0 Å². The highest BCUT2D eigenvalue weighted by atomic mass is 127. The van der Waals surface area contributed by atoms with Crippen molar-refractivity contribution < 1.29 is 33.9 Å². The Bertz CT molecular complexity index is 983. The van der Waals surface area contributed by atoms with Crippen molar-refractivity contribution in [2.45, 2.75) is 73.6 Å². The molecule has 0 aliphatic carbocycles. The van der Waals surface area contributed by atoms with E-state index in [4.69, 9.17) is 5.11 Å². The molecule has 0 saturated carbocycles. The van der Waals surface area contributed by atoms with Gasteiger partial charge in [-0.15, -0.1) is 0 Å². The molecule has 2 nitrogen and oxygen atoms in total. The zero-order valence-electron chi connectivity index (χ0n) is 22.1. The van der Waals surface area contributed by atoms with E-state index in [2.05, 4.69) is 96.1 Å². The van der Waals surface area contributed by atoms with Gasteiger partial charge in [-0.2, -0.15) is 0 Å². The lowest BCUT2D eigenvalue weighted by Crippen LogP contribution is -3.00. The summed E-state index contributed by atoms with van der Waals surface area (Å²) >= 11 is 0. The van der Waals surface area contributed by atoms with Crippen LogP contribution in [0.4, 0.5) is 0 Å². The van der Waals surface area contributed by atoms with Crippen LogP contribution in [0.1, 0.15) is 65.5 Å². The number of rotatable bonds is 10. The maximum absolute atomic E-state index is 10.9. The second kappa shape index (κ2) is 13.0. The van der Waals surface area contributed by atoms with Gasteiger partial charge in [-0.1, -0.05) is 24.6 Å². The molecule has 0 heterocycles. The first-order valence-corrected chi connectivity index (χ1v) is 14.4. The van der Waals surface area contributed by atoms with Crippen LogP contribution in [0.15, 0.2) is 54.6 Å². The molecule has 0 aromatic heterocycles. The van der Waals surface area contributed by atoms with E-state index >= 15 is 0 Å². The predicted octanol–water partition coefficient (Wildman–Crippen LogP) is 3.87. The molecule has 0 bridgehead atoms. The van der Waals surface area contributed by atoms with Crippen molar-refractivity contribution in [2.24, 2.45) is 0 Å². The summed E-state index contributed by atoms with van der Waals surface area (Å²) in [6.45, 7) is 13.3. The van der Waals surface area contributed by atoms with E-state index in [0.717, 1.165) is 31.8 Å². The number of hydrogen-bond acceptors (Lipinski definition) is 1. The average molecular weight is 603 g/mol. The summed E-state index contributed by atoms with van der Waals surface area (Å²) in [5, 5.41) is 13.4. The Morgan fingerprint density at radius 1 is 0.571 bits per heavy atom. The van der Waals surface area contributed by atoms with E-state index in [-0.39, 0.29) is 30.4 Å². The molecular weight excluding hydrogens is 562 g/mol. The van der Waals surface area contributed by atoms with Crippen LogP contribution in [-0.2, 0) is 4.79 Å². The number of carboxylic acids is 1. The van der Waals surface area contributed by atoms with Crippen LogP contribution in [0.25, 0.3) is 0 Å². The standard InChI is InChI=1S/C31H39O2P.HI/c1-22-13-23(2)17-28(16-22)34(12-10-8-7-9-11-31(32)33,29-18-24(3)14-25(4)19-29)30-20-26(5)15-27(6)21-30;/h13-21H,7-12H2,1-6H3;1H. The lowest BCUT2D eigenvalue weighted by atomic mass is 10.1. The Balaban J connectivity index is 0.00000432. The summed E-state index contributed by atoms with van der Waals surface area (Å²) in [5.74, 6) is -0.692. The number of hydrogen-bond donors (Lipinski definition) is 1. The molecule has 0 atom stereocenters. The largest absolute Gasteiger partial charge is 1.00 e. The first kappa shape index (κ1) is 29.5. The third-order valence-electron chi connectivity index (χ3n) is 6.58. The molecule has 0 aliphatic heterocycles. The highest BCUT2D eigenvalue weighted by Gasteiger charge is 2.45. The molecule has 35 heavy (non-hydrogen) atoms. The van der Waals surface area contributed by atoms with Crippen LogP contribution in [0.3, 0.4) is 0 Å². The number of carboxylic acid groups (broad SMARTS) is 1. The van der Waals surface area contributed by atoms with E-state index in [9.17, 15) is 4.79 Å². The number of unbranched alkanes of at least 4 members (excludes halogenated alkanes) is 3. The third kappa shape index (κ3) is 7.64. The Kier molecular flexibility index (Phi) is 11.0. The summed E-state index contributed by atoms with van der Waals surface area (Å²) in [5.41, 5.74) is 7.89. The van der Waals surface area contributed by atoms with Crippen LogP contribution in [-0.4, -0.2) is 17.2 Å². The normalized spacial score (nSPS) is 11.3. The van der Waals surface area contributed by atoms with Crippen molar-refractivity contribution in [3.8, 4) is 0 Å². The molecule has 0 spiro atoms. The second-order valence-electron chi connectivity index (χ2n) is 10.1. The smallest absolute Gasteiger partial charge is 0.303 e. The van der Waals surface area contributed by atoms with Gasteiger partial charge in [-0.3, -0.25) is 4.79 Å². The topological polar surface area (TPSA) is 37.3 Å². The average Bonchev–Trinajstić information content (AvgIpc) is 2.71. The second-order valence-corrected chi connectivity index (χ2v) is 13.7. The molecule has 3 aromatic rings. The first-order chi connectivity index (χ1) is 16.1. The van der Waals surface area contributed by atoms with Crippen LogP contribution >= 0.6 is 7.26 Å². The Labute approximate surface area is 229 Å². The zero-order valence-corrected chi connectivity index (χ0v) is 25.2. The molecule has 0 amide bonds. The summed E-state index contributed by atoms with van der Waals surface area (Å²) in [6.07, 6.45) is 5.27. The SMILES string of the molecule is Cc1cc(C)cc([P+](CCCCCCC(=O)O)(c2cc(C)cc(C)c2)c2cc(C)cc(C)c2)c1.[I-]. The fourth-order valence-electron chi connectivity index (χ4n) is 5.33. The Morgan fingerprint density at radius 3 is 1.20 bits per heavy atom. The van der Waals surface area contributed by atoms with Gasteiger partial charge in [0.25, 0.3) is 0 Å². The van der Waals surface area contributed by atoms with E-state index in [1.54, 1.807) is 0 Å². The predicted molar refractivity (Wildman–Crippen MR) is 149 cm³/mol. The molecule has 188 valence electrons. The molecule has 0 radical (unpaired) electrons. The number of benzene rings is 3. The lowest BCUT2D eigenvalue weighted by molar-refractivity contribution is -0.137. The molecule has 3 aromatic carbocycles. The van der Waals surface area contributed by atoms with Crippen molar-refractivity contribution in [3.05, 3.63) is 88.0 Å². The van der Waals surface area contributed by atoms with Gasteiger partial charge in [0.05, 0.1) is 6.16 Å². The molecular formula is C31H40IO2P. The van der Waals surface area contributed by atoms with Gasteiger partial charge in [0, 0.05) is 6.42 Å². The van der Waals surface area contributed by atoms with Gasteiger partial charge in [0.1, 0.15) is 23.2 Å². The molecule has 0 fully saturated rings. The Morgan fingerprint density at radius 2 is 0.886 bits per heavy atom. The van der Waals surface area contributed by atoms with Gasteiger partial charge in [-0.25, -0.2) is 0 Å².